The van der Waals surface area contributed by atoms with E-state index in [1.165, 1.54) is 18.6 Å². The lowest BCUT2D eigenvalue weighted by atomic mass is 10.1. The molecule has 0 radical (unpaired) electrons. The molecule has 9 nitrogen and oxygen atoms in total. The zero-order valence-corrected chi connectivity index (χ0v) is 19.3. The first kappa shape index (κ1) is 23.5. The van der Waals surface area contributed by atoms with Gasteiger partial charge in [0.05, 0.1) is 6.54 Å². The Kier molecular flexibility index (Phi) is 6.07. The molecule has 5 rings (SSSR count). The Bertz CT molecular complexity index is 1100. The molecule has 2 saturated heterocycles. The molecule has 2 fully saturated rings. The van der Waals surface area contributed by atoms with E-state index < -0.39 is 18.0 Å². The maximum atomic E-state index is 13.4. The molecule has 3 amide bonds. The van der Waals surface area contributed by atoms with Gasteiger partial charge in [0.1, 0.15) is 5.75 Å². The summed E-state index contributed by atoms with van der Waals surface area (Å²) in [7, 11) is 0. The number of anilines is 1. The van der Waals surface area contributed by atoms with Crippen LogP contribution >= 0.6 is 0 Å². The van der Waals surface area contributed by atoms with E-state index in [2.05, 4.69) is 32.1 Å². The maximum absolute atomic E-state index is 13.4. The molecule has 188 valence electrons. The number of aromatic amines is 1. The topological polar surface area (TPSA) is 93.8 Å². The van der Waals surface area contributed by atoms with Gasteiger partial charge in [-0.05, 0) is 50.6 Å². The number of halogens is 3. The van der Waals surface area contributed by atoms with Gasteiger partial charge < -0.3 is 19.9 Å². The number of amides is 3. The van der Waals surface area contributed by atoms with Crippen molar-refractivity contribution in [3.63, 3.8) is 0 Å². The fraction of sp³-hybridized carbons (Fsp3) is 0.522. The number of hydrogen-bond acceptors (Lipinski definition) is 5. The number of aromatic nitrogens is 2. The van der Waals surface area contributed by atoms with Crippen LogP contribution in [-0.2, 0) is 13.0 Å². The molecule has 3 aliphatic rings. The summed E-state index contributed by atoms with van der Waals surface area (Å²) in [6.45, 7) is 5.66. The van der Waals surface area contributed by atoms with Gasteiger partial charge in [-0.25, -0.2) is 4.79 Å². The van der Waals surface area contributed by atoms with Gasteiger partial charge in [0.15, 0.2) is 5.82 Å². The van der Waals surface area contributed by atoms with Gasteiger partial charge >= 0.3 is 12.4 Å². The SMILES string of the molecule is CC1CN2CCCC2CN1C(=O)N1CCc2[nH]nc(NC(=O)c3ccc(OC(F)(F)F)cc3)c2C1. The quantitative estimate of drug-likeness (QED) is 0.687. The smallest absolute Gasteiger partial charge is 0.406 e. The van der Waals surface area contributed by atoms with E-state index in [0.717, 1.165) is 49.4 Å². The van der Waals surface area contributed by atoms with Crippen molar-refractivity contribution in [1.82, 2.24) is 24.9 Å². The molecule has 3 aliphatic heterocycles. The van der Waals surface area contributed by atoms with Crippen LogP contribution in [-0.4, -0.2) is 81.5 Å². The third-order valence-electron chi connectivity index (χ3n) is 6.97. The van der Waals surface area contributed by atoms with Gasteiger partial charge in [-0.3, -0.25) is 14.8 Å². The first-order chi connectivity index (χ1) is 16.7. The number of H-pyrrole nitrogens is 1. The lowest BCUT2D eigenvalue weighted by molar-refractivity contribution is -0.274. The number of fused-ring (bicyclic) bond motifs is 2. The number of ether oxygens (including phenoxy) is 1. The predicted molar refractivity (Wildman–Crippen MR) is 120 cm³/mol. The van der Waals surface area contributed by atoms with Gasteiger partial charge in [0.25, 0.3) is 5.91 Å². The lowest BCUT2D eigenvalue weighted by Gasteiger charge is -2.44. The molecule has 0 aliphatic carbocycles. The molecule has 2 atom stereocenters. The van der Waals surface area contributed by atoms with E-state index in [9.17, 15) is 22.8 Å². The number of hydrogen-bond donors (Lipinski definition) is 2. The Morgan fingerprint density at radius 1 is 1.17 bits per heavy atom. The zero-order valence-electron chi connectivity index (χ0n) is 19.3. The molecular weight excluding hydrogens is 465 g/mol. The van der Waals surface area contributed by atoms with Gasteiger partial charge in [0, 0.05) is 55.0 Å². The summed E-state index contributed by atoms with van der Waals surface area (Å²) in [6.07, 6.45) is -1.93. The van der Waals surface area contributed by atoms with E-state index in [1.54, 1.807) is 4.90 Å². The Morgan fingerprint density at radius 3 is 2.69 bits per heavy atom. The number of alkyl halides is 3. The molecule has 1 aromatic heterocycles. The van der Waals surface area contributed by atoms with Crippen molar-refractivity contribution in [3.8, 4) is 5.75 Å². The van der Waals surface area contributed by atoms with Gasteiger partial charge in [0.2, 0.25) is 0 Å². The van der Waals surface area contributed by atoms with Crippen molar-refractivity contribution in [1.29, 1.82) is 0 Å². The molecule has 2 unspecified atom stereocenters. The first-order valence-electron chi connectivity index (χ1n) is 11.7. The summed E-state index contributed by atoms with van der Waals surface area (Å²) in [5, 5.41) is 9.84. The van der Waals surface area contributed by atoms with Gasteiger partial charge in [-0.2, -0.15) is 5.10 Å². The largest absolute Gasteiger partial charge is 0.573 e. The summed E-state index contributed by atoms with van der Waals surface area (Å²) in [6, 6.07) is 5.19. The average Bonchev–Trinajstić information content (AvgIpc) is 3.43. The molecule has 4 heterocycles. The number of nitrogens with one attached hydrogen (secondary N) is 2. The van der Waals surface area contributed by atoms with Crippen LogP contribution in [0.3, 0.4) is 0 Å². The van der Waals surface area contributed by atoms with Crippen molar-refractivity contribution in [2.45, 2.75) is 51.2 Å². The standard InChI is InChI=1S/C23H27F3N6O3/c1-14-11-30-9-2-3-16(30)12-32(14)22(34)31-10-8-19-18(13-31)20(29-28-19)27-21(33)15-4-6-17(7-5-15)35-23(24,25)26/h4-7,14,16H,2-3,8-13H2,1H3,(H2,27,28,29,33). The molecule has 35 heavy (non-hydrogen) atoms. The van der Waals surface area contributed by atoms with E-state index >= 15 is 0 Å². The van der Waals surface area contributed by atoms with Crippen LogP contribution in [0.1, 0.15) is 41.4 Å². The number of piperazine rings is 1. The van der Waals surface area contributed by atoms with Crippen LogP contribution in [0.25, 0.3) is 0 Å². The molecule has 0 bridgehead atoms. The second kappa shape index (κ2) is 9.06. The minimum absolute atomic E-state index is 0.00608. The minimum atomic E-state index is -4.80. The highest BCUT2D eigenvalue weighted by atomic mass is 19.4. The highest BCUT2D eigenvalue weighted by Gasteiger charge is 2.39. The fourth-order valence-electron chi connectivity index (χ4n) is 5.18. The van der Waals surface area contributed by atoms with E-state index in [0.29, 0.717) is 31.4 Å². The van der Waals surface area contributed by atoms with Crippen LogP contribution in [0.15, 0.2) is 24.3 Å². The van der Waals surface area contributed by atoms with Crippen molar-refractivity contribution in [2.24, 2.45) is 0 Å². The Balaban J connectivity index is 1.25. The fourth-order valence-corrected chi connectivity index (χ4v) is 5.18. The summed E-state index contributed by atoms with van der Waals surface area (Å²) < 4.78 is 40.9. The summed E-state index contributed by atoms with van der Waals surface area (Å²) in [5.74, 6) is -0.618. The monoisotopic (exact) mass is 492 g/mol. The number of nitrogens with zero attached hydrogens (tertiary/aromatic N) is 4. The van der Waals surface area contributed by atoms with E-state index in [-0.39, 0.29) is 17.6 Å². The van der Waals surface area contributed by atoms with Crippen molar-refractivity contribution in [2.75, 3.05) is 31.5 Å². The molecule has 2 aromatic rings. The van der Waals surface area contributed by atoms with Crippen LogP contribution in [0.4, 0.5) is 23.8 Å². The maximum Gasteiger partial charge on any atom is 0.573 e. The van der Waals surface area contributed by atoms with Crippen molar-refractivity contribution >= 4 is 17.8 Å². The van der Waals surface area contributed by atoms with Crippen LogP contribution in [0.5, 0.6) is 5.75 Å². The van der Waals surface area contributed by atoms with E-state index in [1.807, 2.05) is 4.90 Å². The van der Waals surface area contributed by atoms with Gasteiger partial charge in [-0.15, -0.1) is 13.2 Å². The third kappa shape index (κ3) is 4.93. The second-order valence-corrected chi connectivity index (χ2v) is 9.30. The first-order valence-corrected chi connectivity index (χ1v) is 11.7. The number of urea groups is 1. The molecule has 0 spiro atoms. The third-order valence-corrected chi connectivity index (χ3v) is 6.97. The molecule has 2 N–H and O–H groups in total. The number of carbonyl (C=O) groups is 2. The summed E-state index contributed by atoms with van der Waals surface area (Å²) in [4.78, 5) is 32.3. The lowest BCUT2D eigenvalue weighted by Crippen LogP contribution is -2.59. The number of benzene rings is 1. The highest BCUT2D eigenvalue weighted by molar-refractivity contribution is 6.04. The molecule has 0 saturated carbocycles. The van der Waals surface area contributed by atoms with Gasteiger partial charge in [-0.1, -0.05) is 0 Å². The van der Waals surface area contributed by atoms with Crippen molar-refractivity contribution < 1.29 is 27.5 Å². The predicted octanol–water partition coefficient (Wildman–Crippen LogP) is 3.21. The van der Waals surface area contributed by atoms with E-state index in [4.69, 9.17) is 0 Å². The Morgan fingerprint density at radius 2 is 1.94 bits per heavy atom. The zero-order chi connectivity index (χ0) is 24.7. The van der Waals surface area contributed by atoms with Crippen LogP contribution in [0.2, 0.25) is 0 Å². The molecular formula is C23H27F3N6O3. The van der Waals surface area contributed by atoms with Crippen LogP contribution < -0.4 is 10.1 Å². The summed E-state index contributed by atoms with van der Waals surface area (Å²) >= 11 is 0. The summed E-state index contributed by atoms with van der Waals surface area (Å²) in [5.41, 5.74) is 1.75. The average molecular weight is 493 g/mol. The second-order valence-electron chi connectivity index (χ2n) is 9.30. The van der Waals surface area contributed by atoms with Crippen LogP contribution in [0, 0.1) is 0 Å². The minimum Gasteiger partial charge on any atom is -0.406 e. The number of rotatable bonds is 3. The highest BCUT2D eigenvalue weighted by Crippen LogP contribution is 2.29. The Labute approximate surface area is 200 Å². The normalized spacial score (nSPS) is 22.5. The van der Waals surface area contributed by atoms with Crippen molar-refractivity contribution in [3.05, 3.63) is 41.1 Å². The molecule has 1 aromatic carbocycles. The molecule has 12 heteroatoms. The Hall–Kier alpha value is -3.28. The number of carbonyl (C=O) groups excluding carboxylic acids is 2.